The van der Waals surface area contributed by atoms with E-state index in [4.69, 9.17) is 4.74 Å². The quantitative estimate of drug-likeness (QED) is 0.228. The van der Waals surface area contributed by atoms with E-state index in [0.717, 1.165) is 43.7 Å². The van der Waals surface area contributed by atoms with Crippen molar-refractivity contribution in [2.45, 2.75) is 65.0 Å². The fourth-order valence-electron chi connectivity index (χ4n) is 3.53. The first-order valence-corrected chi connectivity index (χ1v) is 11.6. The minimum absolute atomic E-state index is 0.221. The zero-order valence-corrected chi connectivity index (χ0v) is 18.6. The molecular formula is C21H31N5O3S. The summed E-state index contributed by atoms with van der Waals surface area (Å²) in [4.78, 5) is 18.6. The van der Waals surface area contributed by atoms with Gasteiger partial charge in [0.2, 0.25) is 0 Å². The molecule has 0 amide bonds. The zero-order valence-electron chi connectivity index (χ0n) is 17.8. The lowest BCUT2D eigenvalue weighted by Gasteiger charge is -2.38. The summed E-state index contributed by atoms with van der Waals surface area (Å²) < 4.78 is 4.91. The summed E-state index contributed by atoms with van der Waals surface area (Å²) in [5.74, 6) is -0.512. The maximum Gasteiger partial charge on any atom is 0.342 e. The molecule has 3 heterocycles. The number of ether oxygens (including phenoxy) is 1. The molecular weight excluding hydrogens is 402 g/mol. The van der Waals surface area contributed by atoms with E-state index in [1.54, 1.807) is 12.1 Å². The molecule has 164 valence electrons. The molecule has 1 saturated heterocycles. The first-order chi connectivity index (χ1) is 14.6. The lowest BCUT2D eigenvalue weighted by Crippen LogP contribution is -2.50. The smallest absolute Gasteiger partial charge is 0.342 e. The van der Waals surface area contributed by atoms with Crippen LogP contribution in [0.5, 0.6) is 0 Å². The molecule has 8 nitrogen and oxygen atoms in total. The van der Waals surface area contributed by atoms with Crippen molar-refractivity contribution in [3.8, 4) is 0 Å². The second-order valence-electron chi connectivity index (χ2n) is 7.75. The number of carbonyl (C=O) groups excluding carboxylic acids is 1. The average Bonchev–Trinajstić information content (AvgIpc) is 3.36. The van der Waals surface area contributed by atoms with E-state index in [2.05, 4.69) is 33.9 Å². The lowest BCUT2D eigenvalue weighted by molar-refractivity contribution is 0.00549. The molecule has 2 aromatic rings. The van der Waals surface area contributed by atoms with Crippen molar-refractivity contribution in [3.05, 3.63) is 40.3 Å². The minimum atomic E-state index is -0.858. The number of aryl methyl sites for hydroxylation is 1. The van der Waals surface area contributed by atoms with E-state index in [0.29, 0.717) is 17.2 Å². The predicted octanol–water partition coefficient (Wildman–Crippen LogP) is 4.12. The van der Waals surface area contributed by atoms with Gasteiger partial charge in [0.25, 0.3) is 6.23 Å². The molecule has 2 atom stereocenters. The number of aromatic nitrogens is 3. The van der Waals surface area contributed by atoms with Gasteiger partial charge in [-0.3, -0.25) is 9.63 Å². The Bertz CT molecular complexity index is 803. The van der Waals surface area contributed by atoms with Crippen molar-refractivity contribution in [3.63, 3.8) is 0 Å². The fraction of sp³-hybridized carbons (Fsp3) is 0.619. The van der Waals surface area contributed by atoms with E-state index in [1.807, 2.05) is 0 Å². The Morgan fingerprint density at radius 2 is 1.97 bits per heavy atom. The molecule has 30 heavy (non-hydrogen) atoms. The lowest BCUT2D eigenvalue weighted by atomic mass is 10.2. The van der Waals surface area contributed by atoms with Crippen LogP contribution in [0.25, 0.3) is 0 Å². The predicted molar refractivity (Wildman–Crippen MR) is 118 cm³/mol. The molecule has 0 bridgehead atoms. The number of quaternary nitrogens is 1. The molecule has 1 aliphatic rings. The summed E-state index contributed by atoms with van der Waals surface area (Å²) in [6.45, 7) is 5.71. The second kappa shape index (κ2) is 10.9. The molecule has 0 saturated carbocycles. The molecule has 0 N–H and O–H groups in total. The highest BCUT2D eigenvalue weighted by atomic mass is 32.1. The summed E-state index contributed by atoms with van der Waals surface area (Å²) >= 11 is 1.35. The van der Waals surface area contributed by atoms with E-state index < -0.39 is 16.8 Å². The third-order valence-corrected chi connectivity index (χ3v) is 6.40. The topological polar surface area (TPSA) is 91.3 Å². The van der Waals surface area contributed by atoms with Gasteiger partial charge in [-0.2, -0.15) is 0 Å². The van der Waals surface area contributed by atoms with Crippen LogP contribution >= 0.6 is 11.3 Å². The van der Waals surface area contributed by atoms with Crippen LogP contribution in [-0.4, -0.2) is 52.0 Å². The van der Waals surface area contributed by atoms with E-state index in [9.17, 15) is 10.0 Å². The molecule has 0 spiro atoms. The van der Waals surface area contributed by atoms with Crippen LogP contribution in [0, 0.1) is 5.21 Å². The first kappa shape index (κ1) is 22.7. The number of hydrogen-bond donors (Lipinski definition) is 0. The van der Waals surface area contributed by atoms with Gasteiger partial charge in [0.15, 0.2) is 0 Å². The van der Waals surface area contributed by atoms with Gasteiger partial charge in [0.05, 0.1) is 12.1 Å². The minimum Gasteiger partial charge on any atom is -0.622 e. The Morgan fingerprint density at radius 1 is 1.20 bits per heavy atom. The molecule has 0 aromatic carbocycles. The average molecular weight is 434 g/mol. The first-order valence-electron chi connectivity index (χ1n) is 10.8. The van der Waals surface area contributed by atoms with Gasteiger partial charge in [-0.15, -0.1) is 5.10 Å². The third kappa shape index (κ3) is 5.60. The summed E-state index contributed by atoms with van der Waals surface area (Å²) in [7, 11) is 0. The number of esters is 1. The summed E-state index contributed by atoms with van der Waals surface area (Å²) in [6.07, 6.45) is 9.65. The largest absolute Gasteiger partial charge is 0.622 e. The molecule has 1 aliphatic heterocycles. The normalized spacial score (nSPS) is 21.8. The van der Waals surface area contributed by atoms with Crippen LogP contribution in [0.15, 0.2) is 24.5 Å². The van der Waals surface area contributed by atoms with Crippen molar-refractivity contribution >= 4 is 22.4 Å². The number of nitrogens with zero attached hydrogens (tertiary/aromatic N) is 5. The highest BCUT2D eigenvalue weighted by Crippen LogP contribution is 2.35. The number of hydrogen-bond acceptors (Lipinski definition) is 8. The molecule has 0 aliphatic carbocycles. The molecule has 2 unspecified atom stereocenters. The van der Waals surface area contributed by atoms with Crippen LogP contribution in [0.1, 0.15) is 67.7 Å². The third-order valence-electron chi connectivity index (χ3n) is 5.30. The molecule has 3 rings (SSSR count). The van der Waals surface area contributed by atoms with Crippen molar-refractivity contribution in [1.29, 1.82) is 0 Å². The van der Waals surface area contributed by atoms with Crippen LogP contribution < -0.4 is 4.65 Å². The van der Waals surface area contributed by atoms with Gasteiger partial charge in [-0.05, 0) is 36.3 Å². The Balaban J connectivity index is 1.74. The van der Waals surface area contributed by atoms with Crippen molar-refractivity contribution in [2.24, 2.45) is 0 Å². The van der Waals surface area contributed by atoms with Crippen molar-refractivity contribution in [2.75, 3.05) is 19.8 Å². The van der Waals surface area contributed by atoms with Gasteiger partial charge >= 0.3 is 11.1 Å². The van der Waals surface area contributed by atoms with Crippen LogP contribution in [0.4, 0.5) is 5.13 Å². The number of rotatable bonds is 11. The molecule has 1 fully saturated rings. The maximum absolute atomic E-state index is 13.9. The summed E-state index contributed by atoms with van der Waals surface area (Å²) in [5.41, 5.74) is 0.387. The van der Waals surface area contributed by atoms with Crippen molar-refractivity contribution in [1.82, 2.24) is 24.7 Å². The van der Waals surface area contributed by atoms with Gasteiger partial charge in [-0.25, -0.2) is 9.69 Å². The van der Waals surface area contributed by atoms with Crippen molar-refractivity contribution < 1.29 is 9.53 Å². The zero-order chi connectivity index (χ0) is 21.4. The SMILES string of the molecule is CCCCCCc1nnc([N+]2([O-])CN(CCCC)CC2OC(=O)c2ccncc2)s1. The monoisotopic (exact) mass is 433 g/mol. The van der Waals surface area contributed by atoms with Crippen LogP contribution in [0.3, 0.4) is 0 Å². The van der Waals surface area contributed by atoms with Gasteiger partial charge in [0.1, 0.15) is 11.7 Å². The summed E-state index contributed by atoms with van der Waals surface area (Å²) in [6, 6.07) is 3.18. The number of hydroxylamine groups is 2. The van der Waals surface area contributed by atoms with Crippen LogP contribution in [0.2, 0.25) is 0 Å². The maximum atomic E-state index is 13.9. The van der Waals surface area contributed by atoms with Crippen LogP contribution in [-0.2, 0) is 11.2 Å². The summed E-state index contributed by atoms with van der Waals surface area (Å²) in [5, 5.41) is 23.6. The van der Waals surface area contributed by atoms with E-state index in [1.165, 1.54) is 36.6 Å². The van der Waals surface area contributed by atoms with E-state index >= 15 is 0 Å². The number of carbonyl (C=O) groups is 1. The molecule has 0 radical (unpaired) electrons. The van der Waals surface area contributed by atoms with Gasteiger partial charge in [-0.1, -0.05) is 44.6 Å². The molecule has 9 heteroatoms. The second-order valence-corrected chi connectivity index (χ2v) is 8.79. The Hall–Kier alpha value is -1.94. The number of unbranched alkanes of at least 4 members (excludes halogenated alkanes) is 4. The number of pyridine rings is 1. The van der Waals surface area contributed by atoms with Gasteiger partial charge < -0.3 is 9.94 Å². The Labute approximate surface area is 182 Å². The Morgan fingerprint density at radius 3 is 2.70 bits per heavy atom. The fourth-order valence-corrected chi connectivity index (χ4v) is 4.48. The van der Waals surface area contributed by atoms with E-state index in [-0.39, 0.29) is 6.67 Å². The Kier molecular flexibility index (Phi) is 8.26. The molecule has 2 aromatic heterocycles. The highest BCUT2D eigenvalue weighted by Gasteiger charge is 2.46. The van der Waals surface area contributed by atoms with Gasteiger partial charge in [0, 0.05) is 25.4 Å². The highest BCUT2D eigenvalue weighted by molar-refractivity contribution is 7.15. The standard InChI is InChI=1S/C21H31N5O3S/c1-3-5-7-8-9-18-23-24-21(30-18)26(28)16-25(14-6-4-2)15-19(26)29-20(27)17-10-12-22-13-11-17/h10-13,19H,3-9,14-16H2,1-2H3.